The first kappa shape index (κ1) is 36.1. The first-order valence-corrected chi connectivity index (χ1v) is 14.4. The second-order valence-corrected chi connectivity index (χ2v) is 11.8. The Hall–Kier alpha value is -0.760. The molecule has 1 saturated carbocycles. The quantitative estimate of drug-likeness (QED) is 0.110. The normalized spacial score (nSPS) is 53.9. The molecule has 3 saturated heterocycles. The van der Waals surface area contributed by atoms with Gasteiger partial charge in [0.05, 0.1) is 37.6 Å². The Kier molecular flexibility index (Phi) is 12.3. The number of aliphatic hydroxyl groups is 13. The Labute approximate surface area is 251 Å². The highest BCUT2D eigenvalue weighted by Gasteiger charge is 2.54. The predicted molar refractivity (Wildman–Crippen MR) is 138 cm³/mol. The van der Waals surface area contributed by atoms with Crippen LogP contribution < -0.4 is 5.32 Å². The molecule has 4 aliphatic rings. The van der Waals surface area contributed by atoms with E-state index in [9.17, 15) is 66.4 Å². The summed E-state index contributed by atoms with van der Waals surface area (Å²) in [7, 11) is 0. The molecule has 3 heterocycles. The monoisotopic (exact) mass is 647 g/mol. The average molecular weight is 648 g/mol. The topological polar surface area (TPSA) is 321 Å². The number of aliphatic hydroxyl groups excluding tert-OH is 13. The van der Waals surface area contributed by atoms with E-state index < -0.39 is 142 Å². The van der Waals surface area contributed by atoms with E-state index in [4.69, 9.17) is 23.7 Å². The molecule has 0 aromatic carbocycles. The van der Waals surface area contributed by atoms with E-state index in [-0.39, 0.29) is 6.42 Å². The van der Waals surface area contributed by atoms with Gasteiger partial charge in [-0.2, -0.15) is 0 Å². The van der Waals surface area contributed by atoms with Gasteiger partial charge in [0.25, 0.3) is 0 Å². The van der Waals surface area contributed by atoms with Gasteiger partial charge in [0, 0.05) is 18.6 Å². The first-order chi connectivity index (χ1) is 20.7. The van der Waals surface area contributed by atoms with Crippen LogP contribution in [-0.4, -0.2) is 203 Å². The molecular formula is C25H45NO18. The minimum Gasteiger partial charge on any atom is -0.396 e. The van der Waals surface area contributed by atoms with Crippen LogP contribution in [0.2, 0.25) is 0 Å². The zero-order valence-corrected chi connectivity index (χ0v) is 23.7. The van der Waals surface area contributed by atoms with Crippen LogP contribution in [0.25, 0.3) is 0 Å². The van der Waals surface area contributed by atoms with Crippen molar-refractivity contribution < 1.29 is 90.1 Å². The van der Waals surface area contributed by atoms with Crippen molar-refractivity contribution in [2.45, 2.75) is 130 Å². The maximum atomic E-state index is 10.9. The lowest BCUT2D eigenvalue weighted by Gasteiger charge is -2.49. The lowest BCUT2D eigenvalue weighted by atomic mass is 9.79. The summed E-state index contributed by atoms with van der Waals surface area (Å²) in [4.78, 5) is 0. The van der Waals surface area contributed by atoms with Crippen LogP contribution in [0.1, 0.15) is 13.3 Å². The Morgan fingerprint density at radius 1 is 0.568 bits per heavy atom. The van der Waals surface area contributed by atoms with Gasteiger partial charge in [-0.3, -0.25) is 0 Å². The lowest BCUT2D eigenvalue weighted by Crippen LogP contribution is -2.69. The van der Waals surface area contributed by atoms with Gasteiger partial charge >= 0.3 is 0 Å². The van der Waals surface area contributed by atoms with Crippen LogP contribution in [0.5, 0.6) is 0 Å². The molecule has 14 N–H and O–H groups in total. The molecule has 0 radical (unpaired) electrons. The summed E-state index contributed by atoms with van der Waals surface area (Å²) in [5, 5.41) is 136. The highest BCUT2D eigenvalue weighted by atomic mass is 16.7. The number of nitrogens with one attached hydrogen (secondary N) is 1. The zero-order chi connectivity index (χ0) is 32.6. The Balaban J connectivity index is 1.41. The summed E-state index contributed by atoms with van der Waals surface area (Å²) in [5.41, 5.74) is 0. The van der Waals surface area contributed by atoms with E-state index in [1.54, 1.807) is 0 Å². The molecular weight excluding hydrogens is 602 g/mol. The third kappa shape index (κ3) is 7.06. The molecule has 19 heteroatoms. The molecule has 3 aliphatic heterocycles. The van der Waals surface area contributed by atoms with Gasteiger partial charge in [0.15, 0.2) is 18.9 Å². The van der Waals surface area contributed by atoms with Gasteiger partial charge in [-0.25, -0.2) is 0 Å². The van der Waals surface area contributed by atoms with Crippen LogP contribution in [0.3, 0.4) is 0 Å². The van der Waals surface area contributed by atoms with Crippen LogP contribution >= 0.6 is 0 Å². The SMILES string of the molecule is C[C@H]1O[C@H](O[C@H]2[C@H](O)[C@@H](O)[C@@H](O[C@H]3[C@H](O)[C@@H](O)C(O)O[C@@H]3CO)O[C@@H]2CO)[C@H](O)[C@@H](O)[C@@H]1N[C@H]1C[C@H](CO)[C@@H](O)[C@H](O)[C@H]1O. The largest absolute Gasteiger partial charge is 0.396 e. The van der Waals surface area contributed by atoms with Crippen molar-refractivity contribution in [2.24, 2.45) is 5.92 Å². The molecule has 4 rings (SSSR count). The molecule has 0 amide bonds. The van der Waals surface area contributed by atoms with E-state index >= 15 is 0 Å². The second-order valence-electron chi connectivity index (χ2n) is 11.8. The summed E-state index contributed by atoms with van der Waals surface area (Å²) in [6.45, 7) is -0.584. The van der Waals surface area contributed by atoms with Gasteiger partial charge in [-0.05, 0) is 13.3 Å². The Morgan fingerprint density at radius 2 is 1.09 bits per heavy atom. The molecule has 0 spiro atoms. The molecule has 19 nitrogen and oxygen atoms in total. The van der Waals surface area contributed by atoms with E-state index in [1.807, 2.05) is 0 Å². The minimum absolute atomic E-state index is 0.0232. The maximum Gasteiger partial charge on any atom is 0.187 e. The maximum absolute atomic E-state index is 10.9. The van der Waals surface area contributed by atoms with Crippen molar-refractivity contribution in [3.63, 3.8) is 0 Å². The van der Waals surface area contributed by atoms with Crippen molar-refractivity contribution in [1.29, 1.82) is 0 Å². The van der Waals surface area contributed by atoms with Gasteiger partial charge < -0.3 is 95.4 Å². The molecule has 258 valence electrons. The molecule has 0 aromatic heterocycles. The molecule has 20 atom stereocenters. The van der Waals surface area contributed by atoms with Crippen molar-refractivity contribution in [3.8, 4) is 0 Å². The summed E-state index contributed by atoms with van der Waals surface area (Å²) >= 11 is 0. The Morgan fingerprint density at radius 3 is 1.66 bits per heavy atom. The van der Waals surface area contributed by atoms with Crippen LogP contribution in [0, 0.1) is 5.92 Å². The summed E-state index contributed by atoms with van der Waals surface area (Å²) in [6, 6.07) is -1.96. The number of rotatable bonds is 9. The average Bonchev–Trinajstić information content (AvgIpc) is 3.00. The van der Waals surface area contributed by atoms with E-state index in [1.165, 1.54) is 6.92 Å². The summed E-state index contributed by atoms with van der Waals surface area (Å²) in [6.07, 6.45) is -27.4. The Bertz CT molecular complexity index is 901. The van der Waals surface area contributed by atoms with Crippen molar-refractivity contribution in [1.82, 2.24) is 5.32 Å². The van der Waals surface area contributed by atoms with Gasteiger partial charge in [-0.15, -0.1) is 0 Å². The van der Waals surface area contributed by atoms with Crippen molar-refractivity contribution in [3.05, 3.63) is 0 Å². The fraction of sp³-hybridized carbons (Fsp3) is 1.00. The van der Waals surface area contributed by atoms with Gasteiger partial charge in [0.2, 0.25) is 0 Å². The molecule has 0 bridgehead atoms. The summed E-state index contributed by atoms with van der Waals surface area (Å²) < 4.78 is 27.4. The standard InChI is InChI=1S/C25H45NO18/c1-6-11(26-8-2-7(3-27)12(30)15(33)13(8)31)14(32)19(37)24(40-6)43-22-10(5-29)42-25(20(38)17(22)35)44-21-9(4-28)41-23(39)18(36)16(21)34/h6-39H,2-5H2,1H3/t6-,7-,8+,9-,10-,11-,12-,13+,14+,15+,16-,17-,18-,19-,20-,21-,22-,23?,24-,25-/m1/s1. The highest BCUT2D eigenvalue weighted by Crippen LogP contribution is 2.33. The van der Waals surface area contributed by atoms with E-state index in [0.717, 1.165) is 0 Å². The van der Waals surface area contributed by atoms with E-state index in [0.29, 0.717) is 0 Å². The third-order valence-corrected chi connectivity index (χ3v) is 8.89. The van der Waals surface area contributed by atoms with Crippen LogP contribution in [0.15, 0.2) is 0 Å². The first-order valence-electron chi connectivity index (χ1n) is 14.4. The van der Waals surface area contributed by atoms with Crippen molar-refractivity contribution >= 4 is 0 Å². The smallest absolute Gasteiger partial charge is 0.187 e. The third-order valence-electron chi connectivity index (χ3n) is 8.89. The molecule has 1 aliphatic carbocycles. The van der Waals surface area contributed by atoms with Crippen molar-refractivity contribution in [2.75, 3.05) is 19.8 Å². The molecule has 4 fully saturated rings. The highest BCUT2D eigenvalue weighted by molar-refractivity contribution is 5.02. The molecule has 1 unspecified atom stereocenters. The molecule has 0 aromatic rings. The van der Waals surface area contributed by atoms with Gasteiger partial charge in [-0.1, -0.05) is 0 Å². The van der Waals surface area contributed by atoms with Crippen LogP contribution in [0.4, 0.5) is 0 Å². The second kappa shape index (κ2) is 15.0. The lowest BCUT2D eigenvalue weighted by molar-refractivity contribution is -0.374. The fourth-order valence-electron chi connectivity index (χ4n) is 6.17. The predicted octanol–water partition coefficient (Wildman–Crippen LogP) is -8.48. The van der Waals surface area contributed by atoms with Crippen LogP contribution in [-0.2, 0) is 23.7 Å². The fourth-order valence-corrected chi connectivity index (χ4v) is 6.17. The zero-order valence-electron chi connectivity index (χ0n) is 23.7. The van der Waals surface area contributed by atoms with E-state index in [2.05, 4.69) is 5.32 Å². The number of hydrogen-bond donors (Lipinski definition) is 14. The molecule has 44 heavy (non-hydrogen) atoms. The minimum atomic E-state index is -1.93. The van der Waals surface area contributed by atoms with Gasteiger partial charge in [0.1, 0.15) is 67.1 Å². The number of hydrogen-bond acceptors (Lipinski definition) is 19. The summed E-state index contributed by atoms with van der Waals surface area (Å²) in [5.74, 6) is -0.772. The number of ether oxygens (including phenoxy) is 5.